The SMILES string of the molecule is CSc1cc(/C=N/O)nc2c1ccc1cccnc12. The molecule has 0 unspecified atom stereocenters. The summed E-state index contributed by atoms with van der Waals surface area (Å²) in [5.74, 6) is 0. The van der Waals surface area contributed by atoms with E-state index in [0.29, 0.717) is 5.69 Å². The highest BCUT2D eigenvalue weighted by Crippen LogP contribution is 2.29. The van der Waals surface area contributed by atoms with Crippen molar-refractivity contribution in [3.8, 4) is 0 Å². The lowest BCUT2D eigenvalue weighted by molar-refractivity contribution is 0.321. The van der Waals surface area contributed by atoms with Crippen LogP contribution in [0.1, 0.15) is 5.69 Å². The van der Waals surface area contributed by atoms with Crippen molar-refractivity contribution in [3.63, 3.8) is 0 Å². The van der Waals surface area contributed by atoms with E-state index >= 15 is 0 Å². The number of aromatic nitrogens is 2. The molecular weight excluding hydrogens is 258 g/mol. The van der Waals surface area contributed by atoms with Crippen LogP contribution >= 0.6 is 11.8 Å². The van der Waals surface area contributed by atoms with Gasteiger partial charge < -0.3 is 5.21 Å². The molecule has 4 nitrogen and oxygen atoms in total. The summed E-state index contributed by atoms with van der Waals surface area (Å²) in [4.78, 5) is 10.0. The zero-order chi connectivity index (χ0) is 13.2. The molecule has 0 saturated heterocycles. The molecule has 0 amide bonds. The topological polar surface area (TPSA) is 58.4 Å². The maximum Gasteiger partial charge on any atom is 0.0983 e. The highest BCUT2D eigenvalue weighted by atomic mass is 32.2. The van der Waals surface area contributed by atoms with Crippen molar-refractivity contribution >= 4 is 39.8 Å². The van der Waals surface area contributed by atoms with Gasteiger partial charge in [-0.05, 0) is 18.4 Å². The fourth-order valence-corrected chi connectivity index (χ4v) is 2.73. The lowest BCUT2D eigenvalue weighted by Crippen LogP contribution is -1.93. The predicted octanol–water partition coefficient (Wildman–Crippen LogP) is 3.31. The van der Waals surface area contributed by atoms with Gasteiger partial charge in [0.1, 0.15) is 0 Å². The van der Waals surface area contributed by atoms with E-state index in [2.05, 4.69) is 21.2 Å². The lowest BCUT2D eigenvalue weighted by atomic mass is 10.1. The molecule has 2 aromatic heterocycles. The number of thioether (sulfide) groups is 1. The van der Waals surface area contributed by atoms with Crippen LogP contribution in [0.5, 0.6) is 0 Å². The molecule has 2 heterocycles. The zero-order valence-electron chi connectivity index (χ0n) is 10.2. The second kappa shape index (κ2) is 4.85. The Bertz CT molecular complexity index is 786. The second-order valence-corrected chi connectivity index (χ2v) is 4.88. The average Bonchev–Trinajstić information content (AvgIpc) is 2.46. The largest absolute Gasteiger partial charge is 0.411 e. The molecule has 5 heteroatoms. The molecular formula is C14H11N3OS. The molecule has 0 bridgehead atoms. The van der Waals surface area contributed by atoms with E-state index in [1.165, 1.54) is 6.21 Å². The third-order valence-corrected chi connectivity index (χ3v) is 3.72. The smallest absolute Gasteiger partial charge is 0.0983 e. The van der Waals surface area contributed by atoms with Crippen LogP contribution in [0.2, 0.25) is 0 Å². The maximum absolute atomic E-state index is 8.68. The summed E-state index contributed by atoms with van der Waals surface area (Å²) >= 11 is 1.64. The van der Waals surface area contributed by atoms with Crippen molar-refractivity contribution in [1.29, 1.82) is 0 Å². The van der Waals surface area contributed by atoms with E-state index < -0.39 is 0 Å². The fourth-order valence-electron chi connectivity index (χ4n) is 2.11. The van der Waals surface area contributed by atoms with Crippen molar-refractivity contribution in [1.82, 2.24) is 9.97 Å². The molecule has 1 N–H and O–H groups in total. The number of fused-ring (bicyclic) bond motifs is 3. The molecule has 1 aromatic carbocycles. The van der Waals surface area contributed by atoms with Gasteiger partial charge in [0.15, 0.2) is 0 Å². The van der Waals surface area contributed by atoms with Gasteiger partial charge in [0.05, 0.1) is 22.9 Å². The van der Waals surface area contributed by atoms with Gasteiger partial charge in [0, 0.05) is 21.9 Å². The quantitative estimate of drug-likeness (QED) is 0.255. The van der Waals surface area contributed by atoms with E-state index in [9.17, 15) is 0 Å². The molecule has 94 valence electrons. The number of pyridine rings is 2. The van der Waals surface area contributed by atoms with E-state index in [-0.39, 0.29) is 0 Å². The number of hydrogen-bond acceptors (Lipinski definition) is 5. The third-order valence-electron chi connectivity index (χ3n) is 2.94. The first-order valence-electron chi connectivity index (χ1n) is 5.73. The van der Waals surface area contributed by atoms with Gasteiger partial charge in [-0.2, -0.15) is 0 Å². The Labute approximate surface area is 114 Å². The standard InChI is InChI=1S/C14H11N3OS/c1-19-12-7-10(8-16-18)17-14-11(12)5-4-9-3-2-6-15-13(9)14/h2-8,18H,1H3/b16-8+. The van der Waals surface area contributed by atoms with Crippen LogP contribution in [0.4, 0.5) is 0 Å². The summed E-state index contributed by atoms with van der Waals surface area (Å²) in [6, 6.07) is 9.92. The first kappa shape index (κ1) is 11.9. The summed E-state index contributed by atoms with van der Waals surface area (Å²) in [6.45, 7) is 0. The van der Waals surface area contributed by atoms with Crippen molar-refractivity contribution in [2.75, 3.05) is 6.26 Å². The van der Waals surface area contributed by atoms with Crippen LogP contribution in [0.15, 0.2) is 46.6 Å². The number of rotatable bonds is 2. The highest BCUT2D eigenvalue weighted by Gasteiger charge is 2.08. The molecule has 0 atom stereocenters. The Hall–Kier alpha value is -2.14. The molecule has 0 aliphatic heterocycles. The van der Waals surface area contributed by atoms with Crippen LogP contribution in [-0.4, -0.2) is 27.6 Å². The summed E-state index contributed by atoms with van der Waals surface area (Å²) in [6.07, 6.45) is 5.10. The van der Waals surface area contributed by atoms with E-state index in [0.717, 1.165) is 26.7 Å². The second-order valence-electron chi connectivity index (χ2n) is 4.03. The first-order chi connectivity index (χ1) is 9.33. The molecule has 0 saturated carbocycles. The molecule has 3 aromatic rings. The van der Waals surface area contributed by atoms with Gasteiger partial charge in [-0.1, -0.05) is 23.4 Å². The molecule has 0 fully saturated rings. The Balaban J connectivity index is 2.46. The van der Waals surface area contributed by atoms with E-state index in [1.54, 1.807) is 18.0 Å². The van der Waals surface area contributed by atoms with Crippen molar-refractivity contribution in [2.45, 2.75) is 4.90 Å². The summed E-state index contributed by atoms with van der Waals surface area (Å²) in [7, 11) is 0. The summed E-state index contributed by atoms with van der Waals surface area (Å²) in [5.41, 5.74) is 2.32. The van der Waals surface area contributed by atoms with Crippen molar-refractivity contribution in [3.05, 3.63) is 42.2 Å². The highest BCUT2D eigenvalue weighted by molar-refractivity contribution is 7.98. The van der Waals surface area contributed by atoms with Crippen LogP contribution < -0.4 is 0 Å². The van der Waals surface area contributed by atoms with Crippen molar-refractivity contribution < 1.29 is 5.21 Å². The third kappa shape index (κ3) is 2.02. The normalized spacial score (nSPS) is 11.6. The van der Waals surface area contributed by atoms with Crippen LogP contribution in [-0.2, 0) is 0 Å². The Kier molecular flexibility index (Phi) is 3.05. The summed E-state index contributed by atoms with van der Waals surface area (Å²) < 4.78 is 0. The minimum absolute atomic E-state index is 0.623. The van der Waals surface area contributed by atoms with Crippen LogP contribution in [0, 0.1) is 0 Å². The Morgan fingerprint density at radius 3 is 2.95 bits per heavy atom. The molecule has 0 radical (unpaired) electrons. The molecule has 3 rings (SSSR count). The fraction of sp³-hybridized carbons (Fsp3) is 0.0714. The number of hydrogen-bond donors (Lipinski definition) is 1. The van der Waals surface area contributed by atoms with Gasteiger partial charge in [0.25, 0.3) is 0 Å². The Morgan fingerprint density at radius 1 is 1.26 bits per heavy atom. The van der Waals surface area contributed by atoms with Crippen LogP contribution in [0.3, 0.4) is 0 Å². The zero-order valence-corrected chi connectivity index (χ0v) is 11.1. The van der Waals surface area contributed by atoms with Crippen molar-refractivity contribution in [2.24, 2.45) is 5.16 Å². The molecule has 0 aliphatic carbocycles. The van der Waals surface area contributed by atoms with Gasteiger partial charge in [-0.3, -0.25) is 4.98 Å². The number of benzene rings is 1. The van der Waals surface area contributed by atoms with Gasteiger partial charge in [-0.25, -0.2) is 4.98 Å². The minimum Gasteiger partial charge on any atom is -0.411 e. The number of oxime groups is 1. The first-order valence-corrected chi connectivity index (χ1v) is 6.96. The average molecular weight is 269 g/mol. The molecule has 0 spiro atoms. The lowest BCUT2D eigenvalue weighted by Gasteiger charge is -2.07. The monoisotopic (exact) mass is 269 g/mol. The molecule has 19 heavy (non-hydrogen) atoms. The number of nitrogens with zero attached hydrogens (tertiary/aromatic N) is 3. The van der Waals surface area contributed by atoms with Gasteiger partial charge in [-0.15, -0.1) is 11.8 Å². The predicted molar refractivity (Wildman–Crippen MR) is 78.2 cm³/mol. The van der Waals surface area contributed by atoms with E-state index in [4.69, 9.17) is 5.21 Å². The molecule has 0 aliphatic rings. The minimum atomic E-state index is 0.623. The van der Waals surface area contributed by atoms with Gasteiger partial charge in [0.2, 0.25) is 0 Å². The van der Waals surface area contributed by atoms with Crippen LogP contribution in [0.25, 0.3) is 21.8 Å². The Morgan fingerprint density at radius 2 is 2.16 bits per heavy atom. The van der Waals surface area contributed by atoms with E-state index in [1.807, 2.05) is 30.5 Å². The summed E-state index contributed by atoms with van der Waals surface area (Å²) in [5, 5.41) is 13.8. The maximum atomic E-state index is 8.68. The van der Waals surface area contributed by atoms with Gasteiger partial charge >= 0.3 is 0 Å².